The number of ketones is 1. The standard InChI is InChI=1S/C27H24N6O3/c28-13-18-3-1-17(2-4-18)11-25(35)32-24-12-19(9-10-30-24)26(36)23-15-33(20-5-7-21(34)8-6-20)27-22(23)14-29-16-31-27/h1-4,9-10,12,14-16,20-21,34H,5-8,11H2,(H,30,32,35). The summed E-state index contributed by atoms with van der Waals surface area (Å²) in [4.78, 5) is 38.8. The highest BCUT2D eigenvalue weighted by molar-refractivity contribution is 6.16. The van der Waals surface area contributed by atoms with Gasteiger partial charge in [-0.25, -0.2) is 15.0 Å². The predicted molar refractivity (Wildman–Crippen MR) is 132 cm³/mol. The molecule has 4 aromatic rings. The van der Waals surface area contributed by atoms with Gasteiger partial charge in [0.2, 0.25) is 5.91 Å². The summed E-state index contributed by atoms with van der Waals surface area (Å²) in [5.74, 6) is -0.212. The molecule has 180 valence electrons. The highest BCUT2D eigenvalue weighted by Crippen LogP contribution is 2.33. The van der Waals surface area contributed by atoms with E-state index in [0.29, 0.717) is 40.6 Å². The maximum absolute atomic E-state index is 13.5. The molecule has 9 heteroatoms. The van der Waals surface area contributed by atoms with E-state index < -0.39 is 0 Å². The molecule has 1 aliphatic rings. The van der Waals surface area contributed by atoms with Crippen LogP contribution in [0.2, 0.25) is 0 Å². The first-order valence-electron chi connectivity index (χ1n) is 11.8. The molecule has 1 aliphatic carbocycles. The molecular weight excluding hydrogens is 456 g/mol. The Morgan fingerprint density at radius 1 is 1.11 bits per heavy atom. The van der Waals surface area contributed by atoms with Crippen molar-refractivity contribution in [3.63, 3.8) is 0 Å². The normalized spacial score (nSPS) is 17.4. The summed E-state index contributed by atoms with van der Waals surface area (Å²) in [5.41, 5.74) is 2.86. The molecule has 0 saturated heterocycles. The Labute approximate surface area is 207 Å². The van der Waals surface area contributed by atoms with Gasteiger partial charge in [-0.2, -0.15) is 5.26 Å². The van der Waals surface area contributed by atoms with Gasteiger partial charge in [0.1, 0.15) is 17.8 Å². The number of rotatable bonds is 6. The van der Waals surface area contributed by atoms with Crippen molar-refractivity contribution in [1.82, 2.24) is 19.5 Å². The van der Waals surface area contributed by atoms with Gasteiger partial charge in [-0.15, -0.1) is 0 Å². The summed E-state index contributed by atoms with van der Waals surface area (Å²) in [6, 6.07) is 12.2. The number of hydrogen-bond acceptors (Lipinski definition) is 7. The SMILES string of the molecule is N#Cc1ccc(CC(=O)Nc2cc(C(=O)c3cn(C4CCC(O)CC4)c4ncncc34)ccn2)cc1. The van der Waals surface area contributed by atoms with E-state index in [1.54, 1.807) is 42.6 Å². The molecule has 3 aromatic heterocycles. The lowest BCUT2D eigenvalue weighted by atomic mass is 9.93. The zero-order valence-electron chi connectivity index (χ0n) is 19.5. The molecule has 1 fully saturated rings. The van der Waals surface area contributed by atoms with Crippen molar-refractivity contribution < 1.29 is 14.7 Å². The van der Waals surface area contributed by atoms with Crippen molar-refractivity contribution in [1.29, 1.82) is 5.26 Å². The van der Waals surface area contributed by atoms with E-state index in [9.17, 15) is 14.7 Å². The Hall–Kier alpha value is -4.42. The molecule has 3 heterocycles. The first-order valence-corrected chi connectivity index (χ1v) is 11.8. The van der Waals surface area contributed by atoms with Gasteiger partial charge in [0, 0.05) is 35.6 Å². The second kappa shape index (κ2) is 10.1. The van der Waals surface area contributed by atoms with Gasteiger partial charge in [-0.1, -0.05) is 12.1 Å². The molecule has 1 aromatic carbocycles. The maximum Gasteiger partial charge on any atom is 0.229 e. The Balaban J connectivity index is 1.36. The molecule has 0 bridgehead atoms. The number of carbonyl (C=O) groups excluding carboxylic acids is 2. The second-order valence-corrected chi connectivity index (χ2v) is 8.96. The molecule has 1 saturated carbocycles. The number of amides is 1. The Bertz CT molecular complexity index is 1460. The molecule has 5 rings (SSSR count). The number of aromatic nitrogens is 4. The molecule has 2 N–H and O–H groups in total. The smallest absolute Gasteiger partial charge is 0.229 e. The molecule has 0 spiro atoms. The third kappa shape index (κ3) is 4.85. The van der Waals surface area contributed by atoms with E-state index in [-0.39, 0.29) is 36.1 Å². The van der Waals surface area contributed by atoms with Crippen LogP contribution in [0.3, 0.4) is 0 Å². The minimum Gasteiger partial charge on any atom is -0.393 e. The van der Waals surface area contributed by atoms with Crippen LogP contribution in [-0.2, 0) is 11.2 Å². The first-order chi connectivity index (χ1) is 17.5. The molecule has 1 amide bonds. The number of benzene rings is 1. The number of aliphatic hydroxyl groups is 1. The van der Waals surface area contributed by atoms with Crippen LogP contribution in [0.1, 0.15) is 58.8 Å². The Morgan fingerprint density at radius 2 is 1.89 bits per heavy atom. The van der Waals surface area contributed by atoms with Crippen LogP contribution in [-0.4, -0.2) is 42.4 Å². The van der Waals surface area contributed by atoms with Crippen molar-refractivity contribution in [3.8, 4) is 6.07 Å². The van der Waals surface area contributed by atoms with Crippen molar-refractivity contribution in [2.24, 2.45) is 0 Å². The van der Waals surface area contributed by atoms with Crippen LogP contribution in [0.4, 0.5) is 5.82 Å². The number of carbonyl (C=O) groups is 2. The van der Waals surface area contributed by atoms with Crippen LogP contribution >= 0.6 is 0 Å². The molecule has 0 unspecified atom stereocenters. The topological polar surface area (TPSA) is 134 Å². The summed E-state index contributed by atoms with van der Waals surface area (Å²) in [6.45, 7) is 0. The summed E-state index contributed by atoms with van der Waals surface area (Å²) in [5, 5.41) is 22.2. The third-order valence-electron chi connectivity index (χ3n) is 6.54. The molecule has 0 atom stereocenters. The lowest BCUT2D eigenvalue weighted by Crippen LogP contribution is -2.20. The van der Waals surface area contributed by atoms with E-state index in [4.69, 9.17) is 5.26 Å². The fourth-order valence-electron chi connectivity index (χ4n) is 4.65. The number of nitrogens with one attached hydrogen (secondary N) is 1. The molecule has 0 radical (unpaired) electrons. The van der Waals surface area contributed by atoms with Gasteiger partial charge in [-0.05, 0) is 55.5 Å². The summed E-state index contributed by atoms with van der Waals surface area (Å²) in [7, 11) is 0. The first kappa shape index (κ1) is 23.3. The second-order valence-electron chi connectivity index (χ2n) is 8.96. The average Bonchev–Trinajstić information content (AvgIpc) is 3.29. The van der Waals surface area contributed by atoms with Crippen LogP contribution in [0, 0.1) is 11.3 Å². The fourth-order valence-corrected chi connectivity index (χ4v) is 4.65. The Kier molecular flexibility index (Phi) is 6.52. The van der Waals surface area contributed by atoms with Crippen LogP contribution in [0.5, 0.6) is 0 Å². The van der Waals surface area contributed by atoms with E-state index in [0.717, 1.165) is 18.4 Å². The van der Waals surface area contributed by atoms with Gasteiger partial charge in [0.15, 0.2) is 5.78 Å². The third-order valence-corrected chi connectivity index (χ3v) is 6.54. The maximum atomic E-state index is 13.5. The molecule has 9 nitrogen and oxygen atoms in total. The van der Waals surface area contributed by atoms with Gasteiger partial charge in [0.25, 0.3) is 0 Å². The van der Waals surface area contributed by atoms with Gasteiger partial charge in [0.05, 0.1) is 29.7 Å². The lowest BCUT2D eigenvalue weighted by Gasteiger charge is -2.26. The van der Waals surface area contributed by atoms with Crippen LogP contribution in [0.25, 0.3) is 11.0 Å². The number of anilines is 1. The van der Waals surface area contributed by atoms with Gasteiger partial charge < -0.3 is 15.0 Å². The highest BCUT2D eigenvalue weighted by atomic mass is 16.3. The molecule has 0 aliphatic heterocycles. The zero-order valence-corrected chi connectivity index (χ0v) is 19.5. The summed E-state index contributed by atoms with van der Waals surface area (Å²) in [6.07, 6.45) is 9.33. The monoisotopic (exact) mass is 480 g/mol. The Morgan fingerprint density at radius 3 is 2.64 bits per heavy atom. The minimum atomic E-state index is -0.277. The number of aliphatic hydroxyl groups excluding tert-OH is 1. The molecule has 36 heavy (non-hydrogen) atoms. The minimum absolute atomic E-state index is 0.118. The largest absolute Gasteiger partial charge is 0.393 e. The zero-order chi connectivity index (χ0) is 25.1. The van der Waals surface area contributed by atoms with Crippen molar-refractivity contribution in [3.05, 3.63) is 83.6 Å². The number of nitriles is 1. The molecular formula is C27H24N6O3. The quantitative estimate of drug-likeness (QED) is 0.403. The van der Waals surface area contributed by atoms with Crippen molar-refractivity contribution in [2.75, 3.05) is 5.32 Å². The van der Waals surface area contributed by atoms with E-state index in [1.807, 2.05) is 16.8 Å². The average molecular weight is 481 g/mol. The number of fused-ring (bicyclic) bond motifs is 1. The van der Waals surface area contributed by atoms with Gasteiger partial charge in [-0.3, -0.25) is 9.59 Å². The summed E-state index contributed by atoms with van der Waals surface area (Å²) < 4.78 is 2.03. The van der Waals surface area contributed by atoms with Gasteiger partial charge >= 0.3 is 0 Å². The number of nitrogens with zero attached hydrogens (tertiary/aromatic N) is 5. The van der Waals surface area contributed by atoms with Crippen molar-refractivity contribution in [2.45, 2.75) is 44.2 Å². The van der Waals surface area contributed by atoms with Crippen molar-refractivity contribution >= 4 is 28.5 Å². The number of hydrogen-bond donors (Lipinski definition) is 2. The van der Waals surface area contributed by atoms with E-state index in [1.165, 1.54) is 12.5 Å². The highest BCUT2D eigenvalue weighted by Gasteiger charge is 2.25. The number of pyridine rings is 1. The van der Waals surface area contributed by atoms with Crippen LogP contribution in [0.15, 0.2) is 61.3 Å². The fraction of sp³-hybridized carbons (Fsp3) is 0.259. The predicted octanol–water partition coefficient (Wildman–Crippen LogP) is 3.59. The lowest BCUT2D eigenvalue weighted by molar-refractivity contribution is -0.115. The summed E-state index contributed by atoms with van der Waals surface area (Å²) >= 11 is 0. The van der Waals surface area contributed by atoms with Crippen LogP contribution < -0.4 is 5.32 Å². The van der Waals surface area contributed by atoms with E-state index >= 15 is 0 Å². The van der Waals surface area contributed by atoms with E-state index in [2.05, 4.69) is 20.3 Å².